The fraction of sp³-hybridized carbons (Fsp3) is 0.190. The van der Waals surface area contributed by atoms with Crippen molar-refractivity contribution in [3.05, 3.63) is 46.9 Å². The third kappa shape index (κ3) is 2.78. The first kappa shape index (κ1) is 18.4. The van der Waals surface area contributed by atoms with Gasteiger partial charge in [0.05, 0.1) is 25.1 Å². The highest BCUT2D eigenvalue weighted by molar-refractivity contribution is 7.08. The van der Waals surface area contributed by atoms with E-state index >= 15 is 0 Å². The molecule has 0 unspecified atom stereocenters. The first-order valence-corrected chi connectivity index (χ1v) is 10.3. The number of rotatable bonds is 5. The van der Waals surface area contributed by atoms with E-state index in [-0.39, 0.29) is 12.3 Å². The van der Waals surface area contributed by atoms with Crippen molar-refractivity contribution >= 4 is 39.4 Å². The highest BCUT2D eigenvalue weighted by Gasteiger charge is 2.27. The van der Waals surface area contributed by atoms with E-state index < -0.39 is 5.97 Å². The molecule has 0 N–H and O–H groups in total. The maximum atomic E-state index is 12.7. The zero-order chi connectivity index (χ0) is 20.8. The number of thiophene rings is 1. The third-order valence-corrected chi connectivity index (χ3v) is 5.49. The fourth-order valence-corrected chi connectivity index (χ4v) is 4.10. The van der Waals surface area contributed by atoms with Crippen LogP contribution in [-0.2, 0) is 11.8 Å². The van der Waals surface area contributed by atoms with E-state index in [2.05, 4.69) is 5.10 Å². The monoisotopic (exact) mass is 422 g/mol. The summed E-state index contributed by atoms with van der Waals surface area (Å²) in [7, 11) is 3.46. The Bertz CT molecular complexity index is 1380. The Morgan fingerprint density at radius 3 is 2.80 bits per heavy atom. The number of esters is 1. The van der Waals surface area contributed by atoms with Gasteiger partial charge in [0.2, 0.25) is 0 Å². The molecule has 5 rings (SSSR count). The summed E-state index contributed by atoms with van der Waals surface area (Å²) in [5.41, 5.74) is 4.17. The molecule has 8 nitrogen and oxygen atoms in total. The van der Waals surface area contributed by atoms with Gasteiger partial charge in [0.25, 0.3) is 0 Å². The van der Waals surface area contributed by atoms with Gasteiger partial charge >= 0.3 is 5.97 Å². The average Bonchev–Trinajstić information content (AvgIpc) is 3.50. The van der Waals surface area contributed by atoms with Crippen LogP contribution in [0.5, 0.6) is 5.75 Å². The number of fused-ring (bicyclic) bond motifs is 3. The number of benzene rings is 1. The molecule has 0 saturated carbocycles. The maximum absolute atomic E-state index is 12.7. The molecule has 0 aliphatic rings. The predicted octanol–water partition coefficient (Wildman–Crippen LogP) is 4.42. The third-order valence-electron chi connectivity index (χ3n) is 4.82. The van der Waals surface area contributed by atoms with Crippen molar-refractivity contribution in [2.24, 2.45) is 7.05 Å². The topological polar surface area (TPSA) is 84.3 Å². The lowest BCUT2D eigenvalue weighted by Gasteiger charge is -2.07. The zero-order valence-corrected chi connectivity index (χ0v) is 17.4. The number of nitrogens with zero attached hydrogens (tertiary/aromatic N) is 4. The summed E-state index contributed by atoms with van der Waals surface area (Å²) >= 11 is 1.52. The van der Waals surface area contributed by atoms with Crippen LogP contribution in [0.2, 0.25) is 0 Å². The fourth-order valence-electron chi connectivity index (χ4n) is 3.49. The second-order valence-corrected chi connectivity index (χ2v) is 7.45. The van der Waals surface area contributed by atoms with Crippen molar-refractivity contribution in [3.8, 4) is 22.7 Å². The molecule has 9 heteroatoms. The van der Waals surface area contributed by atoms with Gasteiger partial charge in [0, 0.05) is 35.6 Å². The molecule has 0 atom stereocenters. The van der Waals surface area contributed by atoms with E-state index in [0.29, 0.717) is 22.4 Å². The summed E-state index contributed by atoms with van der Waals surface area (Å²) in [4.78, 5) is 12.7. The van der Waals surface area contributed by atoms with Crippen LogP contribution < -0.4 is 4.74 Å². The second kappa shape index (κ2) is 7.03. The standard InChI is InChI=1S/C21H18N4O4S/c1-4-28-21(26)19-20-18(23-25(19)12-6-8-30-11-12)14-9-13(15-5-7-24(2)22-15)16(27-3)10-17(14)29-20/h5-11H,4H2,1-3H3. The smallest absolute Gasteiger partial charge is 0.361 e. The Labute approximate surface area is 175 Å². The number of carbonyl (C=O) groups is 1. The molecule has 4 heterocycles. The molecule has 30 heavy (non-hydrogen) atoms. The van der Waals surface area contributed by atoms with Gasteiger partial charge in [-0.2, -0.15) is 21.5 Å². The first-order chi connectivity index (χ1) is 14.6. The lowest BCUT2D eigenvalue weighted by atomic mass is 10.1. The van der Waals surface area contributed by atoms with Gasteiger partial charge in [0.15, 0.2) is 11.3 Å². The first-order valence-electron chi connectivity index (χ1n) is 9.33. The van der Waals surface area contributed by atoms with Gasteiger partial charge in [-0.15, -0.1) is 0 Å². The number of carbonyl (C=O) groups excluding carboxylic acids is 1. The molecule has 5 aromatic rings. The molecule has 0 radical (unpaired) electrons. The number of aryl methyl sites for hydroxylation is 1. The summed E-state index contributed by atoms with van der Waals surface area (Å²) in [5, 5.41) is 13.8. The summed E-state index contributed by atoms with van der Waals surface area (Å²) < 4.78 is 20.2. The molecule has 4 aromatic heterocycles. The Morgan fingerprint density at radius 1 is 1.27 bits per heavy atom. The molecule has 0 fully saturated rings. The molecule has 0 amide bonds. The highest BCUT2D eigenvalue weighted by Crippen LogP contribution is 2.39. The van der Waals surface area contributed by atoms with Crippen LogP contribution in [0.4, 0.5) is 0 Å². The Kier molecular flexibility index (Phi) is 4.32. The maximum Gasteiger partial charge on any atom is 0.361 e. The number of methoxy groups -OCH3 is 1. The Morgan fingerprint density at radius 2 is 2.13 bits per heavy atom. The number of aromatic nitrogens is 4. The van der Waals surface area contributed by atoms with Crippen LogP contribution in [0, 0.1) is 0 Å². The van der Waals surface area contributed by atoms with Gasteiger partial charge in [-0.25, -0.2) is 9.48 Å². The largest absolute Gasteiger partial charge is 0.496 e. The quantitative estimate of drug-likeness (QED) is 0.390. The SMILES string of the molecule is CCOC(=O)c1c2oc3cc(OC)c(-c4ccn(C)n4)cc3c2nn1-c1ccsc1. The van der Waals surface area contributed by atoms with E-state index in [0.717, 1.165) is 22.3 Å². The molecule has 0 aliphatic carbocycles. The van der Waals surface area contributed by atoms with E-state index in [1.165, 1.54) is 11.3 Å². The highest BCUT2D eigenvalue weighted by atomic mass is 32.1. The van der Waals surface area contributed by atoms with Crippen LogP contribution >= 0.6 is 11.3 Å². The zero-order valence-electron chi connectivity index (χ0n) is 16.6. The number of ether oxygens (including phenoxy) is 2. The summed E-state index contributed by atoms with van der Waals surface area (Å²) in [6.45, 7) is 2.02. The van der Waals surface area contributed by atoms with Crippen LogP contribution in [-0.4, -0.2) is 39.2 Å². The van der Waals surface area contributed by atoms with E-state index in [1.54, 1.807) is 29.5 Å². The molecule has 152 valence electrons. The number of hydrogen-bond acceptors (Lipinski definition) is 7. The van der Waals surface area contributed by atoms with Crippen molar-refractivity contribution in [1.82, 2.24) is 19.6 Å². The van der Waals surface area contributed by atoms with Gasteiger partial charge in [-0.3, -0.25) is 4.68 Å². The number of hydrogen-bond donors (Lipinski definition) is 0. The molecular weight excluding hydrogens is 404 g/mol. The van der Waals surface area contributed by atoms with Crippen molar-refractivity contribution in [2.45, 2.75) is 6.92 Å². The second-order valence-electron chi connectivity index (χ2n) is 6.67. The van der Waals surface area contributed by atoms with Crippen LogP contribution in [0.15, 0.2) is 45.6 Å². The normalized spacial score (nSPS) is 11.4. The average molecular weight is 422 g/mol. The molecule has 0 bridgehead atoms. The van der Waals surface area contributed by atoms with Crippen molar-refractivity contribution in [3.63, 3.8) is 0 Å². The van der Waals surface area contributed by atoms with Crippen molar-refractivity contribution in [2.75, 3.05) is 13.7 Å². The van der Waals surface area contributed by atoms with Gasteiger partial charge < -0.3 is 13.9 Å². The molecule has 1 aromatic carbocycles. The summed E-state index contributed by atoms with van der Waals surface area (Å²) in [5.74, 6) is 0.142. The Balaban J connectivity index is 1.80. The summed E-state index contributed by atoms with van der Waals surface area (Å²) in [6, 6.07) is 7.53. The van der Waals surface area contributed by atoms with Gasteiger partial charge in [0.1, 0.15) is 16.8 Å². The van der Waals surface area contributed by atoms with E-state index in [4.69, 9.17) is 19.0 Å². The summed E-state index contributed by atoms with van der Waals surface area (Å²) in [6.07, 6.45) is 1.87. The lowest BCUT2D eigenvalue weighted by molar-refractivity contribution is 0.0517. The van der Waals surface area contributed by atoms with Crippen LogP contribution in [0.3, 0.4) is 0 Å². The van der Waals surface area contributed by atoms with Crippen molar-refractivity contribution < 1.29 is 18.7 Å². The van der Waals surface area contributed by atoms with E-state index in [1.807, 2.05) is 42.2 Å². The molecule has 0 spiro atoms. The molecule has 0 aliphatic heterocycles. The Hall–Kier alpha value is -3.59. The minimum Gasteiger partial charge on any atom is -0.496 e. The van der Waals surface area contributed by atoms with Crippen LogP contribution in [0.1, 0.15) is 17.4 Å². The van der Waals surface area contributed by atoms with Crippen molar-refractivity contribution in [1.29, 1.82) is 0 Å². The van der Waals surface area contributed by atoms with E-state index in [9.17, 15) is 4.79 Å². The van der Waals surface area contributed by atoms with Gasteiger partial charge in [-0.05, 0) is 30.5 Å². The van der Waals surface area contributed by atoms with Crippen LogP contribution in [0.25, 0.3) is 39.0 Å². The minimum atomic E-state index is -0.484. The molecular formula is C21H18N4O4S. The van der Waals surface area contributed by atoms with Gasteiger partial charge in [-0.1, -0.05) is 0 Å². The predicted molar refractivity (Wildman–Crippen MR) is 113 cm³/mol. The lowest BCUT2D eigenvalue weighted by Crippen LogP contribution is -2.11. The minimum absolute atomic E-state index is 0.257. The number of furan rings is 1. The molecule has 0 saturated heterocycles.